The molecule has 0 N–H and O–H groups in total. The molecule has 0 aromatic carbocycles. The number of hydrogen-bond donors (Lipinski definition) is 0. The Morgan fingerprint density at radius 1 is 0.417 bits per heavy atom. The van der Waals surface area contributed by atoms with Crippen molar-refractivity contribution in [2.24, 2.45) is 0 Å². The van der Waals surface area contributed by atoms with E-state index in [0.29, 0.717) is 33.9 Å². The molecule has 108 heavy (non-hydrogen) atoms. The third-order valence-corrected chi connectivity index (χ3v) is 36.6. The number of ether oxygens (including phenoxy) is 4. The average Bonchev–Trinajstić information content (AvgIpc) is 1.60. The fraction of sp³-hybridized carbons (Fsp3) is 0.722. The van der Waals surface area contributed by atoms with Crippen molar-refractivity contribution >= 4 is 84.9 Å². The first-order chi connectivity index (χ1) is 49.2. The summed E-state index contributed by atoms with van der Waals surface area (Å²) >= 11 is 3.18. The first-order valence-corrected chi connectivity index (χ1v) is 46.1. The van der Waals surface area contributed by atoms with Gasteiger partial charge in [0.25, 0.3) is 0 Å². The summed E-state index contributed by atoms with van der Waals surface area (Å²) in [6.07, 6.45) is 3.12. The molecule has 608 valence electrons. The maximum absolute atomic E-state index is 13.2. The van der Waals surface area contributed by atoms with Crippen molar-refractivity contribution in [1.29, 1.82) is 0 Å². The number of hydrogen-bond acceptors (Lipinski definition) is 20. The van der Waals surface area contributed by atoms with E-state index in [2.05, 4.69) is 166 Å². The third-order valence-electron chi connectivity index (χ3n) is 22.4. The Hall–Kier alpha value is -4.46. The Morgan fingerprint density at radius 2 is 0.722 bits per heavy atom. The van der Waals surface area contributed by atoms with E-state index in [1.165, 1.54) is 12.1 Å². The molecule has 0 amide bonds. The van der Waals surface area contributed by atoms with Crippen LogP contribution in [0.3, 0.4) is 0 Å². The van der Waals surface area contributed by atoms with E-state index in [4.69, 9.17) is 45.9 Å². The molecule has 6 saturated heterocycles. The van der Waals surface area contributed by atoms with Crippen molar-refractivity contribution in [2.75, 3.05) is 54.0 Å². The van der Waals surface area contributed by atoms with Crippen LogP contribution in [0, 0.1) is 5.95 Å². The second kappa shape index (κ2) is 35.5. The van der Waals surface area contributed by atoms with Crippen LogP contribution in [-0.4, -0.2) is 184 Å². The van der Waals surface area contributed by atoms with E-state index in [-0.39, 0.29) is 73.5 Å². The van der Waals surface area contributed by atoms with Gasteiger partial charge >= 0.3 is 47.6 Å². The highest BCUT2D eigenvalue weighted by Crippen LogP contribution is 2.46. The minimum absolute atomic E-state index is 0.0498. The van der Waals surface area contributed by atoms with Gasteiger partial charge in [-0.2, -0.15) is 59.4 Å². The molecule has 3 unspecified atom stereocenters. The number of anilines is 3. The number of pyridine rings is 4. The summed E-state index contributed by atoms with van der Waals surface area (Å²) < 4.78 is 184. The largest absolute Gasteiger partial charge is 0.500 e. The highest BCUT2D eigenvalue weighted by molar-refractivity contribution is 9.10. The van der Waals surface area contributed by atoms with Gasteiger partial charge < -0.3 is 74.9 Å². The van der Waals surface area contributed by atoms with Crippen LogP contribution in [-0.2, 0) is 41.2 Å². The van der Waals surface area contributed by atoms with Crippen LogP contribution in [0.15, 0.2) is 65.1 Å². The zero-order chi connectivity index (χ0) is 81.7. The molecule has 4 aromatic rings. The van der Waals surface area contributed by atoms with Gasteiger partial charge in [0.15, 0.2) is 25.0 Å². The Balaban J connectivity index is 0.000000218. The summed E-state index contributed by atoms with van der Waals surface area (Å²) in [4.78, 5) is 22.0. The Labute approximate surface area is 647 Å². The van der Waals surface area contributed by atoms with Crippen LogP contribution >= 0.6 is 15.9 Å². The predicted molar refractivity (Wildman–Crippen MR) is 416 cm³/mol. The van der Waals surface area contributed by atoms with Crippen LogP contribution in [0.4, 0.5) is 57.0 Å². The molecule has 3 atom stereocenters. The Kier molecular flexibility index (Phi) is 30.4. The molecule has 0 aliphatic carbocycles. The fourth-order valence-corrected chi connectivity index (χ4v) is 15.3. The van der Waals surface area contributed by atoms with Gasteiger partial charge in [0.2, 0.25) is 29.5 Å². The zero-order valence-corrected chi connectivity index (χ0v) is 72.7. The molecular weight excluding hydrogens is 1540 g/mol. The van der Waals surface area contributed by atoms with E-state index in [9.17, 15) is 39.5 Å². The summed E-state index contributed by atoms with van der Waals surface area (Å²) in [5.41, 5.74) is -2.27. The smallest absolute Gasteiger partial charge is 0.417 e. The molecule has 6 aliphatic rings. The minimum atomic E-state index is -2.99. The summed E-state index contributed by atoms with van der Waals surface area (Å²) in [7, 11) is -7.30. The highest BCUT2D eigenvalue weighted by atomic mass is 79.9. The number of nitrogens with zero attached hydrogens (tertiary/aromatic N) is 7. The fourth-order valence-electron chi connectivity index (χ4n) is 10.9. The summed E-state index contributed by atoms with van der Waals surface area (Å²) in [6, 6.07) is 15.4. The van der Waals surface area contributed by atoms with Crippen molar-refractivity contribution < 1.29 is 99.7 Å². The van der Waals surface area contributed by atoms with Crippen LogP contribution in [0.25, 0.3) is 0 Å². The van der Waals surface area contributed by atoms with Crippen molar-refractivity contribution in [3.63, 3.8) is 0 Å². The molecule has 6 fully saturated rings. The van der Waals surface area contributed by atoms with Gasteiger partial charge in [-0.05, 0) is 203 Å². The minimum Gasteiger partial charge on any atom is -0.417 e. The average molecular weight is 1660 g/mol. The lowest BCUT2D eigenvalue weighted by Crippen LogP contribution is -2.44. The molecule has 10 heterocycles. The maximum atomic E-state index is 13.2. The molecule has 0 saturated carbocycles. The van der Waals surface area contributed by atoms with Gasteiger partial charge in [0.1, 0.15) is 17.5 Å². The van der Waals surface area contributed by atoms with Gasteiger partial charge in [0, 0.05) is 56.9 Å². The summed E-state index contributed by atoms with van der Waals surface area (Å²) in [5, 5.41) is 0.458. The topological polar surface area (TPSA) is 181 Å². The van der Waals surface area contributed by atoms with Crippen LogP contribution in [0.1, 0.15) is 165 Å². The number of alkyl halides is 8. The molecule has 0 radical (unpaired) electrons. The molecule has 0 spiro atoms. The second-order valence-corrected chi connectivity index (χ2v) is 50.3. The van der Waals surface area contributed by atoms with E-state index in [0.717, 1.165) is 64.1 Å². The predicted octanol–water partition coefficient (Wildman–Crippen LogP) is 18.0. The van der Waals surface area contributed by atoms with Gasteiger partial charge in [-0.1, -0.05) is 80.5 Å². The van der Waals surface area contributed by atoms with Crippen LogP contribution in [0.5, 0.6) is 23.5 Å². The monoisotopic (exact) mass is 1650 g/mol. The van der Waals surface area contributed by atoms with Crippen molar-refractivity contribution in [3.8, 4) is 23.5 Å². The molecule has 4 aromatic heterocycles. The van der Waals surface area contributed by atoms with Crippen molar-refractivity contribution in [1.82, 2.24) is 19.9 Å². The van der Waals surface area contributed by atoms with Gasteiger partial charge in [-0.15, -0.1) is 0 Å². The van der Waals surface area contributed by atoms with Gasteiger partial charge in [-0.3, -0.25) is 0 Å². The van der Waals surface area contributed by atoms with E-state index < -0.39 is 95.6 Å². The van der Waals surface area contributed by atoms with Gasteiger partial charge in [0.05, 0.1) is 56.4 Å². The Morgan fingerprint density at radius 3 is 1.06 bits per heavy atom. The normalized spacial score (nSPS) is 21.7. The molecular formula is C72H116B3BrF9N7O13Si3. The zero-order valence-electron chi connectivity index (χ0n) is 68.1. The first kappa shape index (κ1) is 92.4. The Bertz CT molecular complexity index is 3490. The molecule has 36 heteroatoms. The second-order valence-electron chi connectivity index (χ2n) is 35.2. The third kappa shape index (κ3) is 24.8. The van der Waals surface area contributed by atoms with E-state index in [1.807, 2.05) is 95.2 Å². The molecule has 10 rings (SSSR count). The quantitative estimate of drug-likeness (QED) is 0.0490. The van der Waals surface area contributed by atoms with Crippen LogP contribution < -0.4 is 39.1 Å². The van der Waals surface area contributed by atoms with Crippen molar-refractivity contribution in [3.05, 3.63) is 71.1 Å². The lowest BCUT2D eigenvalue weighted by Gasteiger charge is -2.38. The lowest BCUT2D eigenvalue weighted by atomic mass is 9.49. The molecule has 0 bridgehead atoms. The summed E-state index contributed by atoms with van der Waals surface area (Å²) in [6.45, 7) is 50.0. The maximum Gasteiger partial charge on any atom is 0.500 e. The molecule has 6 aliphatic heterocycles. The number of rotatable bonds is 19. The van der Waals surface area contributed by atoms with E-state index >= 15 is 0 Å². The molecule has 20 nitrogen and oxygen atoms in total. The first-order valence-electron chi connectivity index (χ1n) is 36.6. The number of halogens is 10. The lowest BCUT2D eigenvalue weighted by molar-refractivity contribution is -0.0540. The van der Waals surface area contributed by atoms with Gasteiger partial charge in [-0.25, -0.2) is 0 Å². The summed E-state index contributed by atoms with van der Waals surface area (Å²) in [5.74, 6) is 0.317. The number of aromatic nitrogens is 4. The van der Waals surface area contributed by atoms with Crippen molar-refractivity contribution in [2.45, 2.75) is 297 Å². The standard InChI is InChI=1S/C22H37BF2N2O4Si.C16H25BrF2N2O2Si.C16H26F2N2O2Si.C12H24B2O4.C6H4F3NO/c1-20(2,3)32(8,9)29-15-12-13-27(14-15)17-11-10-16(18(26-17)28-19(24)25)23-30-21(4,5)22(6,7)31-23;1-16(2,3)24(4,5)23-11-8-9-21(10-11)13-7-6-12(17)14(20-13)22-15(18)19;1-16(2,3)23(4,5)22-12-9-10-20(11-12)13-7-6-8-14(19-13)21-15(17)18;1-9(2)10(3,4)16-13(15-9)14-17-11(5,6)12(7,8)18-14;7-4-2-1-3-5(10-4)11-6(8)9/h10-11,15,19H,12-14H2,1-9H3;6-7,11,15H,8-10H2,1-5H3;6-8,12,15H,9-11H2,1-5H3;1-8H3;1-3,6H. The van der Waals surface area contributed by atoms with E-state index in [1.54, 1.807) is 24.3 Å². The SMILES string of the molecule is CC(C)(C)[Si](C)(C)OC1CCN(c2ccc(Br)c(OC(F)F)n2)C1.CC(C)(C)[Si](C)(C)OC1CCN(c2cccc(OC(F)F)n2)C1.CC1(C)OB(B2OC(C)(C)C(C)(C)O2)OC1(C)C.CC1(C)OB(c2ccc(N3CCC(O[Si](C)(C)C(C)(C)C)C3)nc2OC(F)F)OC1(C)C.Fc1cccc(OC(F)F)n1. The van der Waals surface area contributed by atoms with Crippen LogP contribution in [0.2, 0.25) is 54.4 Å². The highest BCUT2D eigenvalue weighted by Gasteiger charge is 2.64.